The molecule has 100 valence electrons. The molecule has 0 spiro atoms. The monoisotopic (exact) mass is 252 g/mol. The number of ether oxygens (including phenoxy) is 2. The minimum Gasteiger partial charge on any atom is -0.496 e. The number of aryl methyl sites for hydroxylation is 1. The van der Waals surface area contributed by atoms with Crippen molar-refractivity contribution in [2.45, 2.75) is 13.0 Å². The van der Waals surface area contributed by atoms with Crippen LogP contribution in [-0.2, 0) is 4.79 Å². The molecule has 0 aliphatic carbocycles. The number of rotatable bonds is 5. The number of carbonyl (C=O) groups excluding carboxylic acids is 1. The molecule has 0 bridgehead atoms. The number of amides is 1. The van der Waals surface area contributed by atoms with E-state index < -0.39 is 11.9 Å². The number of hydrogen-bond donors (Lipinski definition) is 1. The predicted molar refractivity (Wildman–Crippen MR) is 69.9 cm³/mol. The molecule has 0 heterocycles. The fourth-order valence-electron chi connectivity index (χ4n) is 1.97. The van der Waals surface area contributed by atoms with Crippen molar-refractivity contribution in [3.05, 3.63) is 23.3 Å². The van der Waals surface area contributed by atoms with Crippen LogP contribution >= 0.6 is 0 Å². The standard InChI is InChI=1S/C13H20N2O3/c1-8-6-11(18-5)9(7-10(8)17-4)12(13(14)16)15(2)3/h6-7,12H,1-5H3,(H2,14,16). The minimum atomic E-state index is -0.547. The third-order valence-corrected chi connectivity index (χ3v) is 2.83. The van der Waals surface area contributed by atoms with Gasteiger partial charge in [-0.15, -0.1) is 0 Å². The molecule has 0 saturated carbocycles. The Bertz CT molecular complexity index is 444. The zero-order valence-corrected chi connectivity index (χ0v) is 11.5. The van der Waals surface area contributed by atoms with Crippen molar-refractivity contribution in [1.82, 2.24) is 4.90 Å². The second-order valence-electron chi connectivity index (χ2n) is 4.33. The van der Waals surface area contributed by atoms with Crippen molar-refractivity contribution < 1.29 is 14.3 Å². The van der Waals surface area contributed by atoms with Crippen molar-refractivity contribution in [2.24, 2.45) is 5.73 Å². The number of primary amides is 1. The Morgan fingerprint density at radius 3 is 2.17 bits per heavy atom. The van der Waals surface area contributed by atoms with E-state index >= 15 is 0 Å². The molecule has 5 nitrogen and oxygen atoms in total. The first-order chi connectivity index (χ1) is 8.42. The fourth-order valence-corrected chi connectivity index (χ4v) is 1.97. The molecular formula is C13H20N2O3. The molecule has 1 unspecified atom stereocenters. The molecule has 1 aromatic rings. The fraction of sp³-hybridized carbons (Fsp3) is 0.462. The van der Waals surface area contributed by atoms with E-state index in [0.29, 0.717) is 17.1 Å². The van der Waals surface area contributed by atoms with Crippen LogP contribution in [0.2, 0.25) is 0 Å². The lowest BCUT2D eigenvalue weighted by Crippen LogP contribution is -2.33. The van der Waals surface area contributed by atoms with Crippen molar-refractivity contribution in [3.8, 4) is 11.5 Å². The highest BCUT2D eigenvalue weighted by molar-refractivity contribution is 5.82. The lowest BCUT2D eigenvalue weighted by molar-refractivity contribution is -0.122. The van der Waals surface area contributed by atoms with Crippen LogP contribution in [0.1, 0.15) is 17.2 Å². The van der Waals surface area contributed by atoms with Gasteiger partial charge in [0.15, 0.2) is 0 Å². The number of hydrogen-bond acceptors (Lipinski definition) is 4. The highest BCUT2D eigenvalue weighted by atomic mass is 16.5. The van der Waals surface area contributed by atoms with Gasteiger partial charge in [-0.3, -0.25) is 9.69 Å². The Hall–Kier alpha value is -1.75. The zero-order chi connectivity index (χ0) is 13.9. The molecule has 2 N–H and O–H groups in total. The van der Waals surface area contributed by atoms with Gasteiger partial charge >= 0.3 is 0 Å². The first-order valence-corrected chi connectivity index (χ1v) is 5.60. The summed E-state index contributed by atoms with van der Waals surface area (Å²) in [7, 11) is 6.74. The van der Waals surface area contributed by atoms with Crippen LogP contribution in [0.25, 0.3) is 0 Å². The van der Waals surface area contributed by atoms with Crippen molar-refractivity contribution in [2.75, 3.05) is 28.3 Å². The number of benzene rings is 1. The molecule has 1 rings (SSSR count). The Balaban J connectivity index is 3.40. The normalized spacial score (nSPS) is 12.3. The van der Waals surface area contributed by atoms with E-state index in [4.69, 9.17) is 15.2 Å². The first-order valence-electron chi connectivity index (χ1n) is 5.60. The number of nitrogens with two attached hydrogens (primary N) is 1. The van der Waals surface area contributed by atoms with E-state index in [2.05, 4.69) is 0 Å². The molecule has 0 aliphatic heterocycles. The molecule has 5 heteroatoms. The van der Waals surface area contributed by atoms with Crippen LogP contribution in [0.5, 0.6) is 11.5 Å². The molecule has 0 radical (unpaired) electrons. The van der Waals surface area contributed by atoms with Gasteiger partial charge in [0, 0.05) is 5.56 Å². The molecule has 18 heavy (non-hydrogen) atoms. The number of nitrogens with zero attached hydrogens (tertiary/aromatic N) is 1. The van der Waals surface area contributed by atoms with E-state index in [1.807, 2.05) is 13.0 Å². The third-order valence-electron chi connectivity index (χ3n) is 2.83. The van der Waals surface area contributed by atoms with Crippen LogP contribution in [-0.4, -0.2) is 39.1 Å². The summed E-state index contributed by atoms with van der Waals surface area (Å²) in [5, 5.41) is 0. The third kappa shape index (κ3) is 2.73. The summed E-state index contributed by atoms with van der Waals surface area (Å²) in [5.41, 5.74) is 7.10. The second kappa shape index (κ2) is 5.73. The van der Waals surface area contributed by atoms with Gasteiger partial charge in [-0.2, -0.15) is 0 Å². The number of methoxy groups -OCH3 is 2. The van der Waals surface area contributed by atoms with Gasteiger partial charge < -0.3 is 15.2 Å². The highest BCUT2D eigenvalue weighted by Gasteiger charge is 2.25. The molecule has 0 aromatic heterocycles. The van der Waals surface area contributed by atoms with Crippen LogP contribution < -0.4 is 15.2 Å². The molecule has 0 fully saturated rings. The van der Waals surface area contributed by atoms with Crippen LogP contribution in [0.15, 0.2) is 12.1 Å². The maximum Gasteiger partial charge on any atom is 0.239 e. The molecule has 0 saturated heterocycles. The van der Waals surface area contributed by atoms with Gasteiger partial charge in [0.2, 0.25) is 5.91 Å². The summed E-state index contributed by atoms with van der Waals surface area (Å²) in [6.45, 7) is 1.92. The largest absolute Gasteiger partial charge is 0.496 e. The molecule has 0 aliphatic rings. The lowest BCUT2D eigenvalue weighted by Gasteiger charge is -2.24. The van der Waals surface area contributed by atoms with E-state index in [1.54, 1.807) is 39.3 Å². The van der Waals surface area contributed by atoms with E-state index in [-0.39, 0.29) is 0 Å². The Kier molecular flexibility index (Phi) is 4.55. The Morgan fingerprint density at radius 1 is 1.22 bits per heavy atom. The SMILES string of the molecule is COc1cc(C(C(N)=O)N(C)C)c(OC)cc1C. The summed E-state index contributed by atoms with van der Waals surface area (Å²) in [6, 6.07) is 3.09. The van der Waals surface area contributed by atoms with Gasteiger partial charge in [0.1, 0.15) is 17.5 Å². The Morgan fingerprint density at radius 2 is 1.78 bits per heavy atom. The van der Waals surface area contributed by atoms with Crippen molar-refractivity contribution in [1.29, 1.82) is 0 Å². The summed E-state index contributed by atoms with van der Waals surface area (Å²) in [5.74, 6) is 0.911. The number of likely N-dealkylation sites (N-methyl/N-ethyl adjacent to an activating group) is 1. The Labute approximate surface area is 107 Å². The first kappa shape index (κ1) is 14.3. The average molecular weight is 252 g/mol. The topological polar surface area (TPSA) is 64.8 Å². The van der Waals surface area contributed by atoms with Gasteiger partial charge in [0.05, 0.1) is 14.2 Å². The predicted octanol–water partition coefficient (Wildman–Crippen LogP) is 1.10. The summed E-state index contributed by atoms with van der Waals surface area (Å²) >= 11 is 0. The van der Waals surface area contributed by atoms with Gasteiger partial charge in [-0.25, -0.2) is 0 Å². The van der Waals surface area contributed by atoms with Gasteiger partial charge in [0.25, 0.3) is 0 Å². The smallest absolute Gasteiger partial charge is 0.239 e. The molecule has 1 atom stereocenters. The molecule has 1 aromatic carbocycles. The maximum atomic E-state index is 11.6. The number of carbonyl (C=O) groups is 1. The quantitative estimate of drug-likeness (QED) is 0.852. The van der Waals surface area contributed by atoms with Crippen LogP contribution in [0.3, 0.4) is 0 Å². The van der Waals surface area contributed by atoms with Crippen molar-refractivity contribution in [3.63, 3.8) is 0 Å². The highest BCUT2D eigenvalue weighted by Crippen LogP contribution is 2.34. The van der Waals surface area contributed by atoms with Crippen LogP contribution in [0.4, 0.5) is 0 Å². The second-order valence-corrected chi connectivity index (χ2v) is 4.33. The van der Waals surface area contributed by atoms with E-state index in [1.165, 1.54) is 0 Å². The van der Waals surface area contributed by atoms with E-state index in [0.717, 1.165) is 5.56 Å². The van der Waals surface area contributed by atoms with E-state index in [9.17, 15) is 4.79 Å². The summed E-state index contributed by atoms with van der Waals surface area (Å²) in [6.07, 6.45) is 0. The van der Waals surface area contributed by atoms with Crippen LogP contribution in [0, 0.1) is 6.92 Å². The minimum absolute atomic E-state index is 0.427. The van der Waals surface area contributed by atoms with Gasteiger partial charge in [-0.1, -0.05) is 0 Å². The maximum absolute atomic E-state index is 11.6. The average Bonchev–Trinajstić information content (AvgIpc) is 2.29. The summed E-state index contributed by atoms with van der Waals surface area (Å²) in [4.78, 5) is 13.3. The van der Waals surface area contributed by atoms with Crippen molar-refractivity contribution >= 4 is 5.91 Å². The lowest BCUT2D eigenvalue weighted by atomic mass is 10.0. The zero-order valence-electron chi connectivity index (χ0n) is 11.5. The molecule has 1 amide bonds. The van der Waals surface area contributed by atoms with Gasteiger partial charge in [-0.05, 0) is 38.7 Å². The summed E-state index contributed by atoms with van der Waals surface area (Å²) < 4.78 is 10.6. The molecular weight excluding hydrogens is 232 g/mol.